The molecular formula is C7H4O5Re. The number of hydrogen-bond acceptors (Lipinski definition) is 0. The molecule has 0 heterocycles. The Balaban J connectivity index is -0.00000000655. The summed E-state index contributed by atoms with van der Waals surface area (Å²) in [6.45, 7) is 28.5. The van der Waals surface area contributed by atoms with Crippen molar-refractivity contribution in [1.82, 2.24) is 0 Å². The minimum Gasteiger partial charge on any atom is 0 e. The minimum absolute atomic E-state index is 0. The molecule has 0 spiro atoms. The van der Waals surface area contributed by atoms with Crippen LogP contribution < -0.4 is 0 Å². The molecular weight excluding hydrogens is 350 g/mol. The maximum atomic E-state index is 7.50. The maximum absolute atomic E-state index is 7.50. The van der Waals surface area contributed by atoms with Crippen molar-refractivity contribution in [3.63, 3.8) is 0 Å². The number of rotatable bonds is 0. The van der Waals surface area contributed by atoms with Gasteiger partial charge in [0.15, 0.2) is 0 Å². The van der Waals surface area contributed by atoms with Gasteiger partial charge < -0.3 is 0 Å². The third-order valence-corrected chi connectivity index (χ3v) is 0. The van der Waals surface area contributed by atoms with Crippen molar-refractivity contribution < 1.29 is 43.7 Å². The monoisotopic (exact) mass is 355 g/mol. The Morgan fingerprint density at radius 3 is 0.462 bits per heavy atom. The van der Waals surface area contributed by atoms with Crippen LogP contribution in [0, 0.1) is 33.3 Å². The predicted molar refractivity (Wildman–Crippen MR) is 30.9 cm³/mol. The van der Waals surface area contributed by atoms with Crippen molar-refractivity contribution >= 4 is 0 Å². The van der Waals surface area contributed by atoms with Gasteiger partial charge in [0.2, 0.25) is 0 Å². The van der Waals surface area contributed by atoms with Gasteiger partial charge in [-0.05, 0) is 0 Å². The Hall–Kier alpha value is -0.898. The molecule has 0 aromatic heterocycles. The summed E-state index contributed by atoms with van der Waals surface area (Å²) in [6.07, 6.45) is 0. The van der Waals surface area contributed by atoms with Gasteiger partial charge in [-0.1, -0.05) is 0 Å². The van der Waals surface area contributed by atoms with Crippen LogP contribution in [-0.2, 0) is 43.7 Å². The number of hydrogen-bond donors (Lipinski definition) is 0. The molecule has 0 aromatic carbocycles. The molecule has 6 heteroatoms. The molecule has 0 saturated heterocycles. The van der Waals surface area contributed by atoms with Crippen LogP contribution in [-0.4, -0.2) is 0 Å². The van der Waals surface area contributed by atoms with Gasteiger partial charge in [-0.3, -0.25) is 0 Å². The van der Waals surface area contributed by atoms with E-state index in [1.807, 2.05) is 0 Å². The summed E-state index contributed by atoms with van der Waals surface area (Å²) in [5.74, 6) is 0. The van der Waals surface area contributed by atoms with Crippen LogP contribution in [0.25, 0.3) is 0 Å². The molecule has 0 aliphatic heterocycles. The molecule has 0 amide bonds. The molecule has 1 radical (unpaired) electrons. The van der Waals surface area contributed by atoms with Crippen LogP contribution in [0.15, 0.2) is 13.2 Å². The molecule has 0 N–H and O–H groups in total. The largest absolute Gasteiger partial charge is 0 e. The molecule has 0 atom stereocenters. The van der Waals surface area contributed by atoms with Crippen LogP contribution >= 0.6 is 0 Å². The van der Waals surface area contributed by atoms with Crippen molar-refractivity contribution in [1.29, 1.82) is 0 Å². The first-order valence-electron chi connectivity index (χ1n) is 1.52. The molecule has 69 valence electrons. The Kier molecular flexibility index (Phi) is 6200. The summed E-state index contributed by atoms with van der Waals surface area (Å²) < 4.78 is 37.5. The van der Waals surface area contributed by atoms with Crippen molar-refractivity contribution in [3.8, 4) is 0 Å². The molecule has 0 fully saturated rings. The second-order valence-corrected chi connectivity index (χ2v) is 0. The molecule has 0 aliphatic carbocycles. The van der Waals surface area contributed by atoms with E-state index >= 15 is 0 Å². The Bertz CT molecular complexity index is 86.2. The Labute approximate surface area is 90.4 Å². The summed E-state index contributed by atoms with van der Waals surface area (Å²) in [5.41, 5.74) is 0. The minimum atomic E-state index is 0. The molecule has 13 heavy (non-hydrogen) atoms. The van der Waals surface area contributed by atoms with E-state index in [9.17, 15) is 0 Å². The Morgan fingerprint density at radius 1 is 0.462 bits per heavy atom. The fourth-order valence-corrected chi connectivity index (χ4v) is 0. The molecule has 0 rings (SSSR count). The average Bonchev–Trinajstić information content (AvgIpc) is 2.33. The fourth-order valence-electron chi connectivity index (χ4n) is 0. The van der Waals surface area contributed by atoms with Crippen molar-refractivity contribution in [2.45, 2.75) is 0 Å². The van der Waals surface area contributed by atoms with Gasteiger partial charge in [0.05, 0.1) is 0 Å². The summed E-state index contributed by atoms with van der Waals surface area (Å²) in [6, 6.07) is 0. The van der Waals surface area contributed by atoms with E-state index in [-0.39, 0.29) is 20.4 Å². The van der Waals surface area contributed by atoms with E-state index in [4.69, 9.17) is 23.3 Å². The maximum Gasteiger partial charge on any atom is 0 e. The summed E-state index contributed by atoms with van der Waals surface area (Å²) in [4.78, 5) is 0. The molecule has 0 unspecified atom stereocenters. The zero-order chi connectivity index (χ0) is 12.0. The van der Waals surface area contributed by atoms with Gasteiger partial charge in [0.1, 0.15) is 0 Å². The summed E-state index contributed by atoms with van der Waals surface area (Å²) in [7, 11) is 0. The van der Waals surface area contributed by atoms with Gasteiger partial charge in [-0.2, -0.15) is 0 Å². The fraction of sp³-hybridized carbons (Fsp3) is 0. The first-order valence-corrected chi connectivity index (χ1v) is 1.52. The predicted octanol–water partition coefficient (Wildman–Crippen LogP) is 0.612. The zero-order valence-corrected chi connectivity index (χ0v) is 9.05. The first kappa shape index (κ1) is 57.3. The summed E-state index contributed by atoms with van der Waals surface area (Å²) >= 11 is 0. The van der Waals surface area contributed by atoms with Gasteiger partial charge in [0, 0.05) is 20.4 Å². The Morgan fingerprint density at radius 2 is 0.462 bits per heavy atom. The van der Waals surface area contributed by atoms with E-state index in [2.05, 4.69) is 46.4 Å². The third kappa shape index (κ3) is 1140. The normalized spacial score (nSPS) is 1.08. The quantitative estimate of drug-likeness (QED) is 0.346. The van der Waals surface area contributed by atoms with E-state index in [1.165, 1.54) is 0 Å². The smallest absolute Gasteiger partial charge is 0 e. The van der Waals surface area contributed by atoms with E-state index < -0.39 is 0 Å². The topological polar surface area (TPSA) is 99.5 Å². The average molecular weight is 354 g/mol. The van der Waals surface area contributed by atoms with Gasteiger partial charge in [-0.25, -0.2) is 0 Å². The van der Waals surface area contributed by atoms with Gasteiger partial charge in [0.25, 0.3) is 0 Å². The van der Waals surface area contributed by atoms with E-state index in [0.717, 1.165) is 0 Å². The van der Waals surface area contributed by atoms with Crippen molar-refractivity contribution in [3.05, 3.63) is 46.4 Å². The van der Waals surface area contributed by atoms with Crippen molar-refractivity contribution in [2.75, 3.05) is 0 Å². The van der Waals surface area contributed by atoms with Crippen LogP contribution in [0.4, 0.5) is 0 Å². The van der Waals surface area contributed by atoms with E-state index in [0.29, 0.717) is 0 Å². The second kappa shape index (κ2) is 1410. The zero-order valence-electron chi connectivity index (χ0n) is 6.33. The third-order valence-electron chi connectivity index (χ3n) is 0. The van der Waals surface area contributed by atoms with Crippen LogP contribution in [0.3, 0.4) is 0 Å². The molecule has 0 bridgehead atoms. The molecule has 0 saturated carbocycles. The van der Waals surface area contributed by atoms with Crippen LogP contribution in [0.2, 0.25) is 0 Å². The van der Waals surface area contributed by atoms with E-state index in [1.54, 1.807) is 0 Å². The van der Waals surface area contributed by atoms with Crippen molar-refractivity contribution in [2.24, 2.45) is 0 Å². The van der Waals surface area contributed by atoms with Gasteiger partial charge >= 0.3 is 56.5 Å². The standard InChI is InChI=1S/C2H4.5CO.Re/c6*1-2;/h1-2H2;;;;;;. The summed E-state index contributed by atoms with van der Waals surface area (Å²) in [5, 5.41) is 0. The van der Waals surface area contributed by atoms with Crippen LogP contribution in [0.1, 0.15) is 0 Å². The molecule has 5 nitrogen and oxygen atoms in total. The molecule has 0 aliphatic rings. The van der Waals surface area contributed by atoms with Crippen LogP contribution in [0.5, 0.6) is 0 Å². The molecule has 0 aromatic rings. The SMILES string of the molecule is C=C.[C-]#[O+].[C-]#[O+].[C-]#[O+].[C-]#[O+].[C-]#[O+].[Re]. The van der Waals surface area contributed by atoms with Gasteiger partial charge in [-0.15, -0.1) is 13.2 Å². The first-order chi connectivity index (χ1) is 6.00. The second-order valence-electron chi connectivity index (χ2n) is 0.